The number of hydrogen-bond donors (Lipinski definition) is 1. The van der Waals surface area contributed by atoms with Crippen molar-refractivity contribution in [3.8, 4) is 0 Å². The smallest absolute Gasteiger partial charge is 0.393 e. The summed E-state index contributed by atoms with van der Waals surface area (Å²) in [6, 6.07) is 2.50. The number of likely N-dealkylation sites (tertiary alicyclic amines) is 1. The Morgan fingerprint density at radius 3 is 2.61 bits per heavy atom. The van der Waals surface area contributed by atoms with Crippen LogP contribution in [0.15, 0.2) is 18.3 Å². The van der Waals surface area contributed by atoms with E-state index in [4.69, 9.17) is 0 Å². The van der Waals surface area contributed by atoms with Crippen molar-refractivity contribution in [3.63, 3.8) is 0 Å². The van der Waals surface area contributed by atoms with Gasteiger partial charge in [0.1, 0.15) is 5.82 Å². The van der Waals surface area contributed by atoms with E-state index in [0.717, 1.165) is 18.9 Å². The third-order valence-corrected chi connectivity index (χ3v) is 6.62. The van der Waals surface area contributed by atoms with Crippen molar-refractivity contribution >= 4 is 11.7 Å². The first kappa shape index (κ1) is 19.5. The number of halogens is 3. The fraction of sp³-hybridized carbons (Fsp3) is 0.700. The lowest BCUT2D eigenvalue weighted by Crippen LogP contribution is -2.50. The molecule has 3 fully saturated rings. The van der Waals surface area contributed by atoms with Crippen molar-refractivity contribution in [2.45, 2.75) is 63.3 Å². The first-order valence-corrected chi connectivity index (χ1v) is 10.1. The molecule has 3 heterocycles. The van der Waals surface area contributed by atoms with E-state index in [1.54, 1.807) is 4.90 Å². The minimum Gasteiger partial charge on any atom is -0.393 e. The second-order valence-corrected chi connectivity index (χ2v) is 8.39. The fourth-order valence-corrected chi connectivity index (χ4v) is 5.13. The molecule has 0 aromatic carbocycles. The second kappa shape index (κ2) is 7.21. The molecular formula is C20H26F3N3O2. The molecule has 3 aliphatic rings. The third-order valence-electron chi connectivity index (χ3n) is 6.62. The average molecular weight is 397 g/mol. The van der Waals surface area contributed by atoms with Gasteiger partial charge in [0, 0.05) is 31.9 Å². The quantitative estimate of drug-likeness (QED) is 0.833. The number of amides is 1. The molecule has 2 saturated heterocycles. The Hall–Kier alpha value is -1.83. The van der Waals surface area contributed by atoms with Crippen molar-refractivity contribution in [1.82, 2.24) is 9.88 Å². The number of aromatic nitrogens is 1. The maximum absolute atomic E-state index is 13.4. The summed E-state index contributed by atoms with van der Waals surface area (Å²) in [5.41, 5.74) is -1.36. The molecule has 0 bridgehead atoms. The molecule has 154 valence electrons. The van der Waals surface area contributed by atoms with Crippen LogP contribution in [0.3, 0.4) is 0 Å². The lowest BCUT2D eigenvalue weighted by molar-refractivity contribution is -0.139. The van der Waals surface area contributed by atoms with Crippen LogP contribution in [0.2, 0.25) is 0 Å². The van der Waals surface area contributed by atoms with Crippen LogP contribution in [-0.4, -0.2) is 52.7 Å². The Labute approximate surface area is 162 Å². The van der Waals surface area contributed by atoms with E-state index in [1.165, 1.54) is 12.3 Å². The normalized spacial score (nSPS) is 31.6. The topological polar surface area (TPSA) is 56.7 Å². The summed E-state index contributed by atoms with van der Waals surface area (Å²) in [6.45, 7) is 1.42. The predicted octanol–water partition coefficient (Wildman–Crippen LogP) is 3.22. The molecule has 28 heavy (non-hydrogen) atoms. The number of hydrogen-bond acceptors (Lipinski definition) is 4. The second-order valence-electron chi connectivity index (χ2n) is 8.39. The van der Waals surface area contributed by atoms with E-state index in [0.29, 0.717) is 45.2 Å². The van der Waals surface area contributed by atoms with E-state index in [2.05, 4.69) is 4.98 Å². The van der Waals surface area contributed by atoms with Crippen molar-refractivity contribution in [2.75, 3.05) is 24.5 Å². The summed E-state index contributed by atoms with van der Waals surface area (Å²) in [6.07, 6.45) is 1.70. The fourth-order valence-electron chi connectivity index (χ4n) is 5.13. The number of nitrogens with zero attached hydrogens (tertiary/aromatic N) is 3. The van der Waals surface area contributed by atoms with E-state index in [9.17, 15) is 23.1 Å². The molecule has 5 nitrogen and oxygen atoms in total. The van der Waals surface area contributed by atoms with Gasteiger partial charge in [-0.25, -0.2) is 4.98 Å². The van der Waals surface area contributed by atoms with Gasteiger partial charge in [-0.2, -0.15) is 13.2 Å². The third kappa shape index (κ3) is 3.47. The summed E-state index contributed by atoms with van der Waals surface area (Å²) < 4.78 is 40.3. The van der Waals surface area contributed by atoms with E-state index in [-0.39, 0.29) is 30.4 Å². The molecule has 1 aromatic heterocycles. The van der Waals surface area contributed by atoms with Crippen LogP contribution in [0, 0.1) is 5.41 Å². The van der Waals surface area contributed by atoms with Gasteiger partial charge in [-0.3, -0.25) is 4.79 Å². The van der Waals surface area contributed by atoms with E-state index >= 15 is 0 Å². The summed E-state index contributed by atoms with van der Waals surface area (Å²) >= 11 is 0. The molecule has 1 spiro atoms. The van der Waals surface area contributed by atoms with Crippen molar-refractivity contribution in [2.24, 2.45) is 5.41 Å². The number of carbonyl (C=O) groups is 1. The zero-order valence-electron chi connectivity index (χ0n) is 15.8. The van der Waals surface area contributed by atoms with Gasteiger partial charge in [-0.05, 0) is 57.1 Å². The van der Waals surface area contributed by atoms with Crippen LogP contribution in [0.25, 0.3) is 0 Å². The standard InChI is InChI=1S/C20H26F3N3O2/c21-20(22,23)16-3-1-10-24-17(16)25-11-2-8-19(13-25)9-12-26(18(19)28)14-4-6-15(27)7-5-14/h1,3,10,14-15,27H,2,4-9,11-13H2/t14-,15-,19-/m0/s1. The summed E-state index contributed by atoms with van der Waals surface area (Å²) in [7, 11) is 0. The SMILES string of the molecule is O=C1N([C@H]2CC[C@H](O)CC2)CC[C@]12CCCN(c1ncccc1C(F)(F)F)C2. The molecule has 0 radical (unpaired) electrons. The number of pyridine rings is 1. The predicted molar refractivity (Wildman–Crippen MR) is 97.7 cm³/mol. The summed E-state index contributed by atoms with van der Waals surface area (Å²) in [4.78, 5) is 20.9. The highest BCUT2D eigenvalue weighted by molar-refractivity contribution is 5.86. The van der Waals surface area contributed by atoms with Crippen LogP contribution in [-0.2, 0) is 11.0 Å². The average Bonchev–Trinajstić information content (AvgIpc) is 2.98. The van der Waals surface area contributed by atoms with Gasteiger partial charge in [0.05, 0.1) is 17.1 Å². The maximum atomic E-state index is 13.4. The number of piperidine rings is 1. The molecule has 0 unspecified atom stereocenters. The number of rotatable bonds is 2. The van der Waals surface area contributed by atoms with Gasteiger partial charge in [-0.15, -0.1) is 0 Å². The van der Waals surface area contributed by atoms with Crippen LogP contribution in [0.1, 0.15) is 50.5 Å². The van der Waals surface area contributed by atoms with Crippen LogP contribution >= 0.6 is 0 Å². The molecule has 8 heteroatoms. The highest BCUT2D eigenvalue weighted by Gasteiger charge is 2.51. The number of carbonyl (C=O) groups excluding carboxylic acids is 1. The van der Waals surface area contributed by atoms with Crippen LogP contribution < -0.4 is 4.90 Å². The minimum absolute atomic E-state index is 0.0684. The molecule has 1 aromatic rings. The molecule has 1 amide bonds. The Balaban J connectivity index is 1.54. The molecule has 4 rings (SSSR count). The molecule has 1 N–H and O–H groups in total. The molecule has 1 atom stereocenters. The summed E-state index contributed by atoms with van der Waals surface area (Å²) in [5.74, 6) is 0.00388. The zero-order chi connectivity index (χ0) is 19.9. The van der Waals surface area contributed by atoms with Gasteiger partial charge in [-0.1, -0.05) is 0 Å². The number of aliphatic hydroxyl groups excluding tert-OH is 1. The van der Waals surface area contributed by atoms with Crippen molar-refractivity contribution < 1.29 is 23.1 Å². The number of anilines is 1. The van der Waals surface area contributed by atoms with Gasteiger partial charge in [0.15, 0.2) is 0 Å². The highest BCUT2D eigenvalue weighted by atomic mass is 19.4. The monoisotopic (exact) mass is 397 g/mol. The lowest BCUT2D eigenvalue weighted by Gasteiger charge is -2.41. The largest absolute Gasteiger partial charge is 0.419 e. The highest BCUT2D eigenvalue weighted by Crippen LogP contribution is 2.45. The zero-order valence-corrected chi connectivity index (χ0v) is 15.8. The van der Waals surface area contributed by atoms with E-state index in [1.807, 2.05) is 4.90 Å². The first-order chi connectivity index (χ1) is 13.3. The maximum Gasteiger partial charge on any atom is 0.419 e. The van der Waals surface area contributed by atoms with E-state index < -0.39 is 17.2 Å². The lowest BCUT2D eigenvalue weighted by atomic mass is 9.78. The Kier molecular flexibility index (Phi) is 5.02. The van der Waals surface area contributed by atoms with Gasteiger partial charge >= 0.3 is 6.18 Å². The van der Waals surface area contributed by atoms with Crippen LogP contribution in [0.5, 0.6) is 0 Å². The van der Waals surface area contributed by atoms with Crippen LogP contribution in [0.4, 0.5) is 19.0 Å². The molecule has 1 aliphatic carbocycles. The molecule has 1 saturated carbocycles. The molecular weight excluding hydrogens is 371 g/mol. The minimum atomic E-state index is -4.47. The Morgan fingerprint density at radius 1 is 1.14 bits per heavy atom. The Bertz CT molecular complexity index is 734. The first-order valence-electron chi connectivity index (χ1n) is 10.1. The summed E-state index contributed by atoms with van der Waals surface area (Å²) in [5, 5.41) is 9.72. The van der Waals surface area contributed by atoms with Crippen molar-refractivity contribution in [3.05, 3.63) is 23.9 Å². The Morgan fingerprint density at radius 2 is 1.89 bits per heavy atom. The van der Waals surface area contributed by atoms with Gasteiger partial charge < -0.3 is 14.9 Å². The van der Waals surface area contributed by atoms with Gasteiger partial charge in [0.25, 0.3) is 0 Å². The number of aliphatic hydroxyl groups is 1. The number of alkyl halides is 3. The van der Waals surface area contributed by atoms with Crippen molar-refractivity contribution in [1.29, 1.82) is 0 Å². The molecule has 2 aliphatic heterocycles. The van der Waals surface area contributed by atoms with Gasteiger partial charge in [0.2, 0.25) is 5.91 Å².